The lowest BCUT2D eigenvalue weighted by molar-refractivity contribution is 0.413. The van der Waals surface area contributed by atoms with Crippen LogP contribution in [0.3, 0.4) is 0 Å². The summed E-state index contributed by atoms with van der Waals surface area (Å²) in [7, 11) is 0. The summed E-state index contributed by atoms with van der Waals surface area (Å²) in [5.41, 5.74) is 6.89. The molecule has 1 aromatic heterocycles. The van der Waals surface area contributed by atoms with Crippen molar-refractivity contribution >= 4 is 12.3 Å². The molecule has 0 spiro atoms. The number of aliphatic imine (C=N–C) groups is 1. The maximum atomic E-state index is 11.9. The van der Waals surface area contributed by atoms with E-state index in [4.69, 9.17) is 4.99 Å². The number of benzene rings is 1. The van der Waals surface area contributed by atoms with Gasteiger partial charge in [0.15, 0.2) is 0 Å². The van der Waals surface area contributed by atoms with Crippen LogP contribution in [0, 0.1) is 5.92 Å². The van der Waals surface area contributed by atoms with Crippen molar-refractivity contribution in [3.63, 3.8) is 0 Å². The number of allylic oxidation sites excluding steroid dienone is 3. The number of hydrogen-bond donors (Lipinski definition) is 1. The van der Waals surface area contributed by atoms with Crippen LogP contribution in [0.2, 0.25) is 0 Å². The highest BCUT2D eigenvalue weighted by atomic mass is 16.1. The molecule has 0 aliphatic heterocycles. The number of aromatic amines is 1. The molecular formula is C27H30N2O. The second-order valence-corrected chi connectivity index (χ2v) is 8.78. The van der Waals surface area contributed by atoms with Crippen LogP contribution in [0.1, 0.15) is 62.4 Å². The summed E-state index contributed by atoms with van der Waals surface area (Å²) in [6.07, 6.45) is 12.3. The van der Waals surface area contributed by atoms with Gasteiger partial charge in [-0.15, -0.1) is 0 Å². The number of aromatic nitrogens is 1. The highest BCUT2D eigenvalue weighted by Gasteiger charge is 2.46. The largest absolute Gasteiger partial charge is 0.326 e. The number of fused-ring (bicyclic) bond motifs is 4. The Morgan fingerprint density at radius 2 is 2.07 bits per heavy atom. The van der Waals surface area contributed by atoms with Crippen LogP contribution in [0.5, 0.6) is 0 Å². The van der Waals surface area contributed by atoms with Crippen LogP contribution < -0.4 is 5.56 Å². The van der Waals surface area contributed by atoms with Crippen molar-refractivity contribution in [3.8, 4) is 0 Å². The molecule has 0 saturated carbocycles. The molecular weight excluding hydrogens is 368 g/mol. The minimum atomic E-state index is -0.430. The summed E-state index contributed by atoms with van der Waals surface area (Å²) in [4.78, 5) is 20.1. The van der Waals surface area contributed by atoms with Crippen LogP contribution in [0.4, 0.5) is 0 Å². The normalized spacial score (nSPS) is 24.6. The van der Waals surface area contributed by atoms with Gasteiger partial charge in [-0.2, -0.15) is 0 Å². The van der Waals surface area contributed by atoms with Crippen LogP contribution in [-0.4, -0.2) is 11.2 Å². The molecule has 2 bridgehead atoms. The second-order valence-electron chi connectivity index (χ2n) is 8.78. The molecule has 2 aliphatic carbocycles. The molecule has 30 heavy (non-hydrogen) atoms. The first kappa shape index (κ1) is 20.3. The van der Waals surface area contributed by atoms with E-state index in [0.29, 0.717) is 5.92 Å². The smallest absolute Gasteiger partial charge is 0.248 e. The van der Waals surface area contributed by atoms with E-state index >= 15 is 0 Å². The van der Waals surface area contributed by atoms with Gasteiger partial charge in [-0.1, -0.05) is 61.9 Å². The van der Waals surface area contributed by atoms with Gasteiger partial charge in [-0.25, -0.2) is 0 Å². The molecule has 0 amide bonds. The third-order valence-corrected chi connectivity index (χ3v) is 6.33. The summed E-state index contributed by atoms with van der Waals surface area (Å²) in [6.45, 7) is 8.71. The molecule has 0 radical (unpaired) electrons. The van der Waals surface area contributed by atoms with Crippen molar-refractivity contribution in [1.82, 2.24) is 4.98 Å². The molecule has 0 fully saturated rings. The Balaban J connectivity index is 1.73. The maximum absolute atomic E-state index is 11.9. The average Bonchev–Trinajstić information content (AvgIpc) is 2.70. The number of hydrogen-bond acceptors (Lipinski definition) is 2. The van der Waals surface area contributed by atoms with Gasteiger partial charge < -0.3 is 4.98 Å². The van der Waals surface area contributed by atoms with Crippen LogP contribution in [0.15, 0.2) is 75.6 Å². The minimum Gasteiger partial charge on any atom is -0.326 e. The Morgan fingerprint density at radius 1 is 1.23 bits per heavy atom. The quantitative estimate of drug-likeness (QED) is 0.502. The van der Waals surface area contributed by atoms with Crippen molar-refractivity contribution in [1.29, 1.82) is 0 Å². The summed E-state index contributed by atoms with van der Waals surface area (Å²) in [5.74, 6) is 0.802. The zero-order valence-electron chi connectivity index (χ0n) is 18.3. The van der Waals surface area contributed by atoms with Crippen LogP contribution >= 0.6 is 0 Å². The average molecular weight is 399 g/mol. The van der Waals surface area contributed by atoms with Gasteiger partial charge in [0.25, 0.3) is 0 Å². The Morgan fingerprint density at radius 3 is 2.83 bits per heavy atom. The van der Waals surface area contributed by atoms with E-state index < -0.39 is 5.54 Å². The maximum Gasteiger partial charge on any atom is 0.248 e. The lowest BCUT2D eigenvalue weighted by Gasteiger charge is -2.45. The Hall–Kier alpha value is -2.94. The predicted octanol–water partition coefficient (Wildman–Crippen LogP) is 5.95. The molecule has 154 valence electrons. The van der Waals surface area contributed by atoms with Gasteiger partial charge in [0.05, 0.1) is 0 Å². The SMILES string of the molecule is CC=C1[C@H]2C=C(C)C[C@]1(N=CC=Cc1cccc(C(C)C)c1)c1ccc(=O)[nH]c1C2. The summed E-state index contributed by atoms with van der Waals surface area (Å²) in [5, 5.41) is 0. The predicted molar refractivity (Wildman–Crippen MR) is 126 cm³/mol. The third kappa shape index (κ3) is 3.65. The van der Waals surface area contributed by atoms with Crippen molar-refractivity contribution in [2.45, 2.75) is 52.0 Å². The first-order chi connectivity index (χ1) is 14.4. The van der Waals surface area contributed by atoms with Crippen LogP contribution in [0.25, 0.3) is 6.08 Å². The van der Waals surface area contributed by atoms with E-state index in [9.17, 15) is 4.79 Å². The van der Waals surface area contributed by atoms with Gasteiger partial charge in [-0.3, -0.25) is 9.79 Å². The molecule has 1 aromatic carbocycles. The molecule has 0 unspecified atom stereocenters. The fourth-order valence-corrected chi connectivity index (χ4v) is 5.00. The van der Waals surface area contributed by atoms with Crippen molar-refractivity contribution in [3.05, 3.63) is 98.5 Å². The summed E-state index contributed by atoms with van der Waals surface area (Å²) in [6, 6.07) is 12.2. The fraction of sp³-hybridized carbons (Fsp3) is 0.333. The highest BCUT2D eigenvalue weighted by molar-refractivity contribution is 5.79. The van der Waals surface area contributed by atoms with E-state index in [0.717, 1.165) is 24.1 Å². The van der Waals surface area contributed by atoms with Gasteiger partial charge in [-0.05, 0) is 55.0 Å². The van der Waals surface area contributed by atoms with E-state index in [-0.39, 0.29) is 11.5 Å². The lowest BCUT2D eigenvalue weighted by atomic mass is 9.63. The zero-order chi connectivity index (χ0) is 21.3. The van der Waals surface area contributed by atoms with Crippen LogP contribution in [-0.2, 0) is 12.0 Å². The first-order valence-corrected chi connectivity index (χ1v) is 10.8. The molecule has 2 atom stereocenters. The molecule has 0 saturated heterocycles. The Bertz CT molecular complexity index is 1130. The molecule has 3 heteroatoms. The van der Waals surface area contributed by atoms with Gasteiger partial charge in [0.1, 0.15) is 5.54 Å². The summed E-state index contributed by atoms with van der Waals surface area (Å²) < 4.78 is 0. The molecule has 1 heterocycles. The highest BCUT2D eigenvalue weighted by Crippen LogP contribution is 2.51. The zero-order valence-corrected chi connectivity index (χ0v) is 18.3. The first-order valence-electron chi connectivity index (χ1n) is 10.8. The number of nitrogens with zero attached hydrogens (tertiary/aromatic N) is 1. The molecule has 1 N–H and O–H groups in total. The Labute approximate surface area is 179 Å². The third-order valence-electron chi connectivity index (χ3n) is 6.33. The van der Waals surface area contributed by atoms with E-state index in [1.165, 1.54) is 22.3 Å². The minimum absolute atomic E-state index is 0.0412. The van der Waals surface area contributed by atoms with E-state index in [2.05, 4.69) is 75.2 Å². The molecule has 2 aromatic rings. The topological polar surface area (TPSA) is 45.2 Å². The van der Waals surface area contributed by atoms with Gasteiger partial charge in [0, 0.05) is 35.9 Å². The Kier molecular flexibility index (Phi) is 5.46. The van der Waals surface area contributed by atoms with Gasteiger partial charge in [0.2, 0.25) is 5.56 Å². The van der Waals surface area contributed by atoms with Gasteiger partial charge >= 0.3 is 0 Å². The second kappa shape index (κ2) is 8.06. The number of nitrogens with one attached hydrogen (secondary N) is 1. The number of pyridine rings is 1. The fourth-order valence-electron chi connectivity index (χ4n) is 5.00. The monoisotopic (exact) mass is 398 g/mol. The number of rotatable bonds is 4. The molecule has 4 rings (SSSR count). The van der Waals surface area contributed by atoms with E-state index in [1.807, 2.05) is 18.4 Å². The van der Waals surface area contributed by atoms with Crippen molar-refractivity contribution < 1.29 is 0 Å². The summed E-state index contributed by atoms with van der Waals surface area (Å²) >= 11 is 0. The number of H-pyrrole nitrogens is 1. The molecule has 3 nitrogen and oxygen atoms in total. The van der Waals surface area contributed by atoms with E-state index in [1.54, 1.807) is 6.07 Å². The van der Waals surface area contributed by atoms with Crippen molar-refractivity contribution in [2.75, 3.05) is 0 Å². The van der Waals surface area contributed by atoms with Crippen molar-refractivity contribution in [2.24, 2.45) is 10.9 Å². The molecule has 2 aliphatic rings. The standard InChI is InChI=1S/C27H30N2O/c1-5-23-22-14-19(4)17-27(23,24-11-12-26(30)29-25(24)16-22)28-13-7-9-20-8-6-10-21(15-20)18(2)3/h5-15,18,22H,16-17H2,1-4H3,(H,29,30)/t22-,27+/m0/s1. The lowest BCUT2D eigenvalue weighted by Crippen LogP contribution is -2.40.